The molecule has 1 aromatic heterocycles. The number of aliphatic hydroxyl groups is 1. The van der Waals surface area contributed by atoms with Gasteiger partial charge in [-0.3, -0.25) is 4.90 Å². The summed E-state index contributed by atoms with van der Waals surface area (Å²) in [6.45, 7) is 2.83. The van der Waals surface area contributed by atoms with Crippen molar-refractivity contribution in [3.05, 3.63) is 64.3 Å². The number of aromatic amines is 1. The van der Waals surface area contributed by atoms with Gasteiger partial charge in [0.2, 0.25) is 0 Å². The van der Waals surface area contributed by atoms with E-state index >= 15 is 0 Å². The average Bonchev–Trinajstić information content (AvgIpc) is 3.13. The van der Waals surface area contributed by atoms with E-state index in [-0.39, 0.29) is 6.61 Å². The number of aromatic nitrogens is 1. The van der Waals surface area contributed by atoms with Crippen LogP contribution in [0.25, 0.3) is 10.9 Å². The van der Waals surface area contributed by atoms with Gasteiger partial charge >= 0.3 is 0 Å². The molecule has 0 unspecified atom stereocenters. The van der Waals surface area contributed by atoms with Gasteiger partial charge in [-0.15, -0.1) is 0 Å². The Kier molecular flexibility index (Phi) is 5.33. The van der Waals surface area contributed by atoms with Crippen LogP contribution in [0.5, 0.6) is 5.75 Å². The highest BCUT2D eigenvalue weighted by atomic mass is 35.5. The summed E-state index contributed by atoms with van der Waals surface area (Å²) < 4.78 is 5.76. The second-order valence-electron chi connectivity index (χ2n) is 7.26. The van der Waals surface area contributed by atoms with Gasteiger partial charge in [-0.05, 0) is 54.1 Å². The highest BCUT2D eigenvalue weighted by Crippen LogP contribution is 2.29. The van der Waals surface area contributed by atoms with Crippen LogP contribution in [0.2, 0.25) is 10.0 Å². The van der Waals surface area contributed by atoms with Crippen LogP contribution in [0.15, 0.2) is 48.7 Å². The molecule has 0 amide bonds. The van der Waals surface area contributed by atoms with E-state index in [1.165, 1.54) is 10.9 Å². The number of fused-ring (bicyclic) bond motifs is 1. The summed E-state index contributed by atoms with van der Waals surface area (Å²) in [5, 5.41) is 13.0. The lowest BCUT2D eigenvalue weighted by molar-refractivity contribution is -0.0537. The first kappa shape index (κ1) is 18.6. The van der Waals surface area contributed by atoms with E-state index < -0.39 is 5.60 Å². The molecule has 6 heteroatoms. The predicted molar refractivity (Wildman–Crippen MR) is 110 cm³/mol. The van der Waals surface area contributed by atoms with Crippen LogP contribution in [-0.4, -0.2) is 40.3 Å². The Bertz CT molecular complexity index is 933. The van der Waals surface area contributed by atoms with E-state index in [4.69, 9.17) is 27.9 Å². The first-order chi connectivity index (χ1) is 13.0. The van der Waals surface area contributed by atoms with Crippen LogP contribution in [0, 0.1) is 0 Å². The van der Waals surface area contributed by atoms with Gasteiger partial charge in [0, 0.05) is 37.4 Å². The van der Waals surface area contributed by atoms with Crippen LogP contribution in [0.3, 0.4) is 0 Å². The normalized spacial score (nSPS) is 17.3. The van der Waals surface area contributed by atoms with Crippen molar-refractivity contribution in [2.75, 3.05) is 19.7 Å². The zero-order chi connectivity index (χ0) is 18.9. The number of hydrogen-bond acceptors (Lipinski definition) is 3. The molecule has 0 radical (unpaired) electrons. The molecule has 1 saturated heterocycles. The van der Waals surface area contributed by atoms with E-state index in [9.17, 15) is 5.11 Å². The number of piperidine rings is 1. The van der Waals surface area contributed by atoms with Crippen molar-refractivity contribution in [2.45, 2.75) is 25.0 Å². The zero-order valence-corrected chi connectivity index (χ0v) is 16.4. The molecule has 0 spiro atoms. The minimum Gasteiger partial charge on any atom is -0.491 e. The maximum absolute atomic E-state index is 10.8. The molecule has 142 valence electrons. The second-order valence-corrected chi connectivity index (χ2v) is 8.08. The van der Waals surface area contributed by atoms with E-state index in [1.54, 1.807) is 18.2 Å². The fourth-order valence-electron chi connectivity index (χ4n) is 3.52. The first-order valence-electron chi connectivity index (χ1n) is 9.09. The molecule has 4 nitrogen and oxygen atoms in total. The number of nitrogens with zero attached hydrogens (tertiary/aromatic N) is 1. The fourth-order valence-corrected chi connectivity index (χ4v) is 3.80. The Morgan fingerprint density at radius 3 is 2.63 bits per heavy atom. The fraction of sp³-hybridized carbons (Fsp3) is 0.333. The van der Waals surface area contributed by atoms with E-state index in [1.807, 2.05) is 6.20 Å². The summed E-state index contributed by atoms with van der Waals surface area (Å²) in [6, 6.07) is 13.7. The van der Waals surface area contributed by atoms with Crippen molar-refractivity contribution < 1.29 is 9.84 Å². The predicted octanol–water partition coefficient (Wildman–Crippen LogP) is 4.88. The number of hydrogen-bond donors (Lipinski definition) is 2. The maximum atomic E-state index is 10.8. The summed E-state index contributed by atoms with van der Waals surface area (Å²) >= 11 is 11.9. The Morgan fingerprint density at radius 2 is 1.85 bits per heavy atom. The van der Waals surface area contributed by atoms with E-state index in [2.05, 4.69) is 34.1 Å². The third kappa shape index (κ3) is 4.41. The minimum absolute atomic E-state index is 0.258. The number of likely N-dealkylation sites (tertiary alicyclic amines) is 1. The summed E-state index contributed by atoms with van der Waals surface area (Å²) in [5.41, 5.74) is 1.64. The number of H-pyrrole nitrogens is 1. The molecule has 27 heavy (non-hydrogen) atoms. The van der Waals surface area contributed by atoms with Crippen molar-refractivity contribution in [3.63, 3.8) is 0 Å². The molecule has 2 N–H and O–H groups in total. The summed E-state index contributed by atoms with van der Waals surface area (Å²) in [4.78, 5) is 5.60. The Labute approximate surface area is 168 Å². The van der Waals surface area contributed by atoms with Crippen molar-refractivity contribution in [1.29, 1.82) is 0 Å². The average molecular weight is 405 g/mol. The molecule has 4 rings (SSSR count). The van der Waals surface area contributed by atoms with Crippen molar-refractivity contribution in [2.24, 2.45) is 0 Å². The lowest BCUT2D eigenvalue weighted by Crippen LogP contribution is -2.47. The summed E-state index contributed by atoms with van der Waals surface area (Å²) in [7, 11) is 0. The Morgan fingerprint density at radius 1 is 1.04 bits per heavy atom. The molecule has 0 aliphatic carbocycles. The van der Waals surface area contributed by atoms with Crippen LogP contribution < -0.4 is 4.74 Å². The van der Waals surface area contributed by atoms with Crippen LogP contribution in [0.4, 0.5) is 0 Å². The molecular formula is C21H22Cl2N2O2. The van der Waals surface area contributed by atoms with Gasteiger partial charge in [0.15, 0.2) is 0 Å². The van der Waals surface area contributed by atoms with Gasteiger partial charge in [-0.1, -0.05) is 29.3 Å². The molecule has 1 fully saturated rings. The van der Waals surface area contributed by atoms with Crippen LogP contribution in [-0.2, 0) is 6.54 Å². The molecule has 0 bridgehead atoms. The summed E-state index contributed by atoms with van der Waals surface area (Å²) in [6.07, 6.45) is 3.32. The molecular weight excluding hydrogens is 383 g/mol. The molecule has 2 aromatic carbocycles. The molecule has 0 saturated carbocycles. The Hall–Kier alpha value is -1.72. The van der Waals surface area contributed by atoms with Gasteiger partial charge in [0.05, 0.1) is 10.0 Å². The van der Waals surface area contributed by atoms with Crippen molar-refractivity contribution >= 4 is 34.1 Å². The van der Waals surface area contributed by atoms with Gasteiger partial charge in [-0.25, -0.2) is 0 Å². The third-order valence-corrected chi connectivity index (χ3v) is 5.95. The topological polar surface area (TPSA) is 48.5 Å². The number of benzene rings is 2. The number of ether oxygens (including phenoxy) is 1. The van der Waals surface area contributed by atoms with Gasteiger partial charge in [0.1, 0.15) is 18.0 Å². The smallest absolute Gasteiger partial charge is 0.121 e. The lowest BCUT2D eigenvalue weighted by Gasteiger charge is -2.38. The monoisotopic (exact) mass is 404 g/mol. The SMILES string of the molecule is OC1(COc2ccc(Cl)c(Cl)c2)CCN(Cc2ccc3[nH]ccc3c2)CC1. The second kappa shape index (κ2) is 7.72. The van der Waals surface area contributed by atoms with Gasteiger partial charge < -0.3 is 14.8 Å². The van der Waals surface area contributed by atoms with E-state index in [0.717, 1.165) is 25.2 Å². The number of rotatable bonds is 5. The Balaban J connectivity index is 1.31. The maximum Gasteiger partial charge on any atom is 0.121 e. The third-order valence-electron chi connectivity index (χ3n) is 5.21. The number of nitrogens with one attached hydrogen (secondary N) is 1. The quantitative estimate of drug-likeness (QED) is 0.636. The molecule has 1 aliphatic rings. The molecule has 3 aromatic rings. The minimum atomic E-state index is -0.812. The van der Waals surface area contributed by atoms with Gasteiger partial charge in [0.25, 0.3) is 0 Å². The standard InChI is InChI=1S/C21H22Cl2N2O2/c22-18-3-2-17(12-19(18)23)27-14-21(26)6-9-25(10-7-21)13-15-1-4-20-16(11-15)5-8-24-20/h1-5,8,11-12,24,26H,6-7,9-10,13-14H2. The van der Waals surface area contributed by atoms with Crippen LogP contribution >= 0.6 is 23.2 Å². The largest absolute Gasteiger partial charge is 0.491 e. The van der Waals surface area contributed by atoms with Crippen molar-refractivity contribution in [1.82, 2.24) is 9.88 Å². The summed E-state index contributed by atoms with van der Waals surface area (Å²) in [5.74, 6) is 0.625. The first-order valence-corrected chi connectivity index (χ1v) is 9.85. The van der Waals surface area contributed by atoms with Crippen molar-refractivity contribution in [3.8, 4) is 5.75 Å². The molecule has 1 aliphatic heterocycles. The van der Waals surface area contributed by atoms with Gasteiger partial charge in [-0.2, -0.15) is 0 Å². The zero-order valence-electron chi connectivity index (χ0n) is 14.9. The molecule has 2 heterocycles. The molecule has 0 atom stereocenters. The van der Waals surface area contributed by atoms with Crippen LogP contribution in [0.1, 0.15) is 18.4 Å². The number of halogens is 2. The highest BCUT2D eigenvalue weighted by Gasteiger charge is 2.33. The van der Waals surface area contributed by atoms with E-state index in [0.29, 0.717) is 28.6 Å². The lowest BCUT2D eigenvalue weighted by atomic mass is 9.92. The highest BCUT2D eigenvalue weighted by molar-refractivity contribution is 6.42.